The zero-order chi connectivity index (χ0) is 11.5. The normalized spacial score (nSPS) is 19.5. The summed E-state index contributed by atoms with van der Waals surface area (Å²) in [6.45, 7) is 0.678. The molecule has 0 N–H and O–H groups in total. The van der Waals surface area contributed by atoms with Gasteiger partial charge >= 0.3 is 0 Å². The lowest BCUT2D eigenvalue weighted by Gasteiger charge is -2.18. The number of nitriles is 1. The van der Waals surface area contributed by atoms with Crippen LogP contribution in [0.1, 0.15) is 22.5 Å². The number of likely N-dealkylation sites (tertiary alicyclic amines) is 1. The third kappa shape index (κ3) is 1.89. The van der Waals surface area contributed by atoms with Crippen molar-refractivity contribution in [1.82, 2.24) is 4.90 Å². The first kappa shape index (κ1) is 11.0. The average molecular weight is 236 g/mol. The van der Waals surface area contributed by atoms with Crippen LogP contribution in [0.15, 0.2) is 11.4 Å². The van der Waals surface area contributed by atoms with Crippen LogP contribution < -0.4 is 4.74 Å². The van der Waals surface area contributed by atoms with E-state index in [0.717, 1.165) is 12.8 Å². The second-order valence-corrected chi connectivity index (χ2v) is 4.55. The minimum atomic E-state index is -0.263. The van der Waals surface area contributed by atoms with Crippen LogP contribution in [0.5, 0.6) is 5.75 Å². The highest BCUT2D eigenvalue weighted by Crippen LogP contribution is 2.26. The number of amides is 1. The van der Waals surface area contributed by atoms with Crippen molar-refractivity contribution in [2.45, 2.75) is 18.9 Å². The van der Waals surface area contributed by atoms with E-state index in [1.807, 2.05) is 0 Å². The fraction of sp³-hybridized carbons (Fsp3) is 0.455. The minimum absolute atomic E-state index is 0.0580. The van der Waals surface area contributed by atoms with E-state index >= 15 is 0 Å². The van der Waals surface area contributed by atoms with E-state index in [2.05, 4.69) is 6.07 Å². The van der Waals surface area contributed by atoms with E-state index in [1.54, 1.807) is 23.5 Å². The number of hydrogen-bond acceptors (Lipinski definition) is 4. The largest absolute Gasteiger partial charge is 0.496 e. The first-order valence-corrected chi connectivity index (χ1v) is 5.97. The number of ether oxygens (including phenoxy) is 1. The van der Waals surface area contributed by atoms with Crippen molar-refractivity contribution in [3.8, 4) is 11.8 Å². The molecule has 0 bridgehead atoms. The molecule has 2 rings (SSSR count). The maximum atomic E-state index is 12.1. The Bertz CT molecular complexity index is 435. The highest BCUT2D eigenvalue weighted by molar-refractivity contribution is 7.12. The fourth-order valence-corrected chi connectivity index (χ4v) is 2.63. The summed E-state index contributed by atoms with van der Waals surface area (Å²) >= 11 is 1.36. The maximum Gasteiger partial charge on any atom is 0.265 e. The number of nitrogens with zero attached hydrogens (tertiary/aromatic N) is 2. The molecule has 0 saturated carbocycles. The molecule has 1 atom stereocenters. The molecule has 1 amide bonds. The van der Waals surface area contributed by atoms with Crippen LogP contribution in [0, 0.1) is 11.3 Å². The second kappa shape index (κ2) is 4.54. The van der Waals surface area contributed by atoms with Crippen LogP contribution in [-0.2, 0) is 0 Å². The molecule has 1 unspecified atom stereocenters. The van der Waals surface area contributed by atoms with Gasteiger partial charge in [0.05, 0.1) is 18.1 Å². The van der Waals surface area contributed by atoms with Gasteiger partial charge in [-0.3, -0.25) is 4.79 Å². The molecular weight excluding hydrogens is 224 g/mol. The van der Waals surface area contributed by atoms with Crippen LogP contribution in [0.4, 0.5) is 0 Å². The molecule has 16 heavy (non-hydrogen) atoms. The lowest BCUT2D eigenvalue weighted by Crippen LogP contribution is -2.34. The van der Waals surface area contributed by atoms with E-state index < -0.39 is 0 Å². The van der Waals surface area contributed by atoms with Gasteiger partial charge in [0.2, 0.25) is 0 Å². The Hall–Kier alpha value is -1.54. The summed E-state index contributed by atoms with van der Waals surface area (Å²) in [7, 11) is 1.57. The van der Waals surface area contributed by atoms with Crippen LogP contribution in [0.3, 0.4) is 0 Å². The van der Waals surface area contributed by atoms with Gasteiger partial charge in [-0.2, -0.15) is 5.26 Å². The first-order chi connectivity index (χ1) is 7.76. The Balaban J connectivity index is 2.16. The van der Waals surface area contributed by atoms with Gasteiger partial charge < -0.3 is 9.64 Å². The highest BCUT2D eigenvalue weighted by Gasteiger charge is 2.29. The lowest BCUT2D eigenvalue weighted by molar-refractivity contribution is 0.0769. The summed E-state index contributed by atoms with van der Waals surface area (Å²) in [4.78, 5) is 14.4. The van der Waals surface area contributed by atoms with E-state index in [1.165, 1.54) is 11.3 Å². The third-order valence-corrected chi connectivity index (χ3v) is 3.58. The molecule has 5 heteroatoms. The summed E-state index contributed by atoms with van der Waals surface area (Å²) in [5.41, 5.74) is 0. The smallest absolute Gasteiger partial charge is 0.265 e. The zero-order valence-corrected chi connectivity index (χ0v) is 9.79. The number of rotatable bonds is 2. The molecule has 1 aliphatic rings. The first-order valence-electron chi connectivity index (χ1n) is 5.09. The standard InChI is InChI=1S/C11H12N2O2S/c1-15-9-5-10(16-7-9)11(14)13-4-2-3-8(13)6-12/h5,7-8H,2-4H2,1H3. The Morgan fingerprint density at radius 2 is 2.56 bits per heavy atom. The van der Waals surface area contributed by atoms with Gasteiger partial charge in [-0.05, 0) is 12.8 Å². The van der Waals surface area contributed by atoms with Crippen molar-refractivity contribution >= 4 is 17.2 Å². The Morgan fingerprint density at radius 1 is 1.75 bits per heavy atom. The van der Waals surface area contributed by atoms with Gasteiger partial charge in [0.15, 0.2) is 0 Å². The number of hydrogen-bond donors (Lipinski definition) is 0. The zero-order valence-electron chi connectivity index (χ0n) is 8.97. The van der Waals surface area contributed by atoms with E-state index in [4.69, 9.17) is 10.00 Å². The van der Waals surface area contributed by atoms with Crippen molar-refractivity contribution in [3.63, 3.8) is 0 Å². The lowest BCUT2D eigenvalue weighted by atomic mass is 10.2. The summed E-state index contributed by atoms with van der Waals surface area (Å²) in [5, 5.41) is 10.7. The summed E-state index contributed by atoms with van der Waals surface area (Å²) < 4.78 is 5.04. The van der Waals surface area contributed by atoms with Gasteiger partial charge in [-0.25, -0.2) is 0 Å². The van der Waals surface area contributed by atoms with Crippen molar-refractivity contribution < 1.29 is 9.53 Å². The number of carbonyl (C=O) groups is 1. The maximum absolute atomic E-state index is 12.1. The van der Waals surface area contributed by atoms with Crippen LogP contribution in [0.25, 0.3) is 0 Å². The van der Waals surface area contributed by atoms with E-state index in [9.17, 15) is 4.79 Å². The molecule has 1 aliphatic heterocycles. The fourth-order valence-electron chi connectivity index (χ4n) is 1.82. The number of carbonyl (C=O) groups excluding carboxylic acids is 1. The molecule has 1 aromatic rings. The monoisotopic (exact) mass is 236 g/mol. The Kier molecular flexibility index (Phi) is 3.11. The molecule has 0 aliphatic carbocycles. The molecule has 1 saturated heterocycles. The summed E-state index contributed by atoms with van der Waals surface area (Å²) in [5.74, 6) is 0.637. The van der Waals surface area contributed by atoms with E-state index in [0.29, 0.717) is 17.2 Å². The second-order valence-electron chi connectivity index (χ2n) is 3.64. The quantitative estimate of drug-likeness (QED) is 0.787. The molecule has 84 valence electrons. The van der Waals surface area contributed by atoms with Crippen molar-refractivity contribution in [2.24, 2.45) is 0 Å². The molecule has 4 nitrogen and oxygen atoms in total. The minimum Gasteiger partial charge on any atom is -0.496 e. The predicted octanol–water partition coefficient (Wildman–Crippen LogP) is 1.88. The molecular formula is C11H12N2O2S. The van der Waals surface area contributed by atoms with Crippen LogP contribution >= 0.6 is 11.3 Å². The van der Waals surface area contributed by atoms with Crippen LogP contribution in [-0.4, -0.2) is 30.5 Å². The molecule has 1 fully saturated rings. The van der Waals surface area contributed by atoms with Gasteiger partial charge in [0.1, 0.15) is 11.8 Å². The molecule has 1 aromatic heterocycles. The summed E-state index contributed by atoms with van der Waals surface area (Å²) in [6.07, 6.45) is 1.69. The van der Waals surface area contributed by atoms with Crippen molar-refractivity contribution in [3.05, 3.63) is 16.3 Å². The van der Waals surface area contributed by atoms with Crippen LogP contribution in [0.2, 0.25) is 0 Å². The third-order valence-electron chi connectivity index (χ3n) is 2.68. The highest BCUT2D eigenvalue weighted by atomic mass is 32.1. The number of thiophene rings is 1. The Morgan fingerprint density at radius 3 is 3.19 bits per heavy atom. The van der Waals surface area contributed by atoms with Gasteiger partial charge in [0, 0.05) is 18.0 Å². The molecule has 0 radical (unpaired) electrons. The van der Waals surface area contributed by atoms with Crippen molar-refractivity contribution in [2.75, 3.05) is 13.7 Å². The summed E-state index contributed by atoms with van der Waals surface area (Å²) in [6, 6.07) is 3.62. The van der Waals surface area contributed by atoms with E-state index in [-0.39, 0.29) is 11.9 Å². The predicted molar refractivity (Wildman–Crippen MR) is 60.5 cm³/mol. The number of methoxy groups -OCH3 is 1. The van der Waals surface area contributed by atoms with Gasteiger partial charge in [0.25, 0.3) is 5.91 Å². The molecule has 0 aromatic carbocycles. The SMILES string of the molecule is COc1csc(C(=O)N2CCCC2C#N)c1. The topological polar surface area (TPSA) is 53.3 Å². The average Bonchev–Trinajstić information content (AvgIpc) is 2.96. The molecule has 2 heterocycles. The molecule has 0 spiro atoms. The van der Waals surface area contributed by atoms with Crippen molar-refractivity contribution in [1.29, 1.82) is 5.26 Å². The van der Waals surface area contributed by atoms with Gasteiger partial charge in [-0.1, -0.05) is 0 Å². The Labute approximate surface area is 98.0 Å². The van der Waals surface area contributed by atoms with Gasteiger partial charge in [-0.15, -0.1) is 11.3 Å².